The molecule has 0 spiro atoms. The summed E-state index contributed by atoms with van der Waals surface area (Å²) >= 11 is 0. The van der Waals surface area contributed by atoms with Crippen LogP contribution in [0.1, 0.15) is 37.5 Å². The summed E-state index contributed by atoms with van der Waals surface area (Å²) in [5.41, 5.74) is 4.52. The monoisotopic (exact) mass is 359 g/mol. The van der Waals surface area contributed by atoms with E-state index >= 15 is 0 Å². The quantitative estimate of drug-likeness (QED) is 0.682. The Morgan fingerprint density at radius 2 is 1.78 bits per heavy atom. The molecule has 0 atom stereocenters. The van der Waals surface area contributed by atoms with E-state index in [2.05, 4.69) is 43.2 Å². The van der Waals surface area contributed by atoms with Crippen LogP contribution >= 0.6 is 0 Å². The number of nitrogens with zero attached hydrogens (tertiary/aromatic N) is 2. The number of hydrogen-bond donors (Lipinski definition) is 1. The van der Waals surface area contributed by atoms with Crippen LogP contribution in [0, 0.1) is 0 Å². The van der Waals surface area contributed by atoms with Gasteiger partial charge in [0.2, 0.25) is 5.91 Å². The first-order chi connectivity index (χ1) is 12.9. The lowest BCUT2D eigenvalue weighted by molar-refractivity contribution is -0.116. The van der Waals surface area contributed by atoms with Crippen LogP contribution in [0.3, 0.4) is 0 Å². The van der Waals surface area contributed by atoms with Crippen molar-refractivity contribution in [3.05, 3.63) is 90.0 Å². The molecule has 0 aliphatic carbocycles. The standard InChI is InChI=1S/C23H25N3O/c1-23(2,3)20-9-4-18(5-10-20)8-13-22(27)25-16-19-6-11-21(12-7-19)26-15-14-24-17-26/h4-15,17H,16H2,1-3H3,(H,25,27)/b13-8+. The Morgan fingerprint density at radius 1 is 1.07 bits per heavy atom. The smallest absolute Gasteiger partial charge is 0.244 e. The van der Waals surface area contributed by atoms with E-state index < -0.39 is 0 Å². The summed E-state index contributed by atoms with van der Waals surface area (Å²) in [5.74, 6) is -0.103. The first kappa shape index (κ1) is 18.6. The Balaban J connectivity index is 1.52. The van der Waals surface area contributed by atoms with Crippen molar-refractivity contribution in [1.82, 2.24) is 14.9 Å². The van der Waals surface area contributed by atoms with Crippen molar-refractivity contribution in [3.8, 4) is 5.69 Å². The van der Waals surface area contributed by atoms with Gasteiger partial charge in [0.25, 0.3) is 0 Å². The Kier molecular flexibility index (Phi) is 5.55. The third-order valence-corrected chi connectivity index (χ3v) is 4.41. The topological polar surface area (TPSA) is 46.9 Å². The van der Waals surface area contributed by atoms with Crippen LogP contribution in [0.5, 0.6) is 0 Å². The van der Waals surface area contributed by atoms with Crippen LogP contribution in [-0.4, -0.2) is 15.5 Å². The van der Waals surface area contributed by atoms with Crippen molar-refractivity contribution in [2.75, 3.05) is 0 Å². The van der Waals surface area contributed by atoms with E-state index in [9.17, 15) is 4.79 Å². The SMILES string of the molecule is CC(C)(C)c1ccc(/C=C/C(=O)NCc2ccc(-n3ccnc3)cc2)cc1. The minimum absolute atomic E-state index is 0.103. The van der Waals surface area contributed by atoms with Crippen molar-refractivity contribution in [2.24, 2.45) is 0 Å². The number of nitrogens with one attached hydrogen (secondary N) is 1. The molecular formula is C23H25N3O. The average Bonchev–Trinajstić information content (AvgIpc) is 3.19. The van der Waals surface area contributed by atoms with E-state index in [4.69, 9.17) is 0 Å². The second-order valence-corrected chi connectivity index (χ2v) is 7.56. The molecule has 0 saturated carbocycles. The summed E-state index contributed by atoms with van der Waals surface area (Å²) in [5, 5.41) is 2.91. The van der Waals surface area contributed by atoms with Crippen molar-refractivity contribution >= 4 is 12.0 Å². The number of rotatable bonds is 5. The zero-order valence-corrected chi connectivity index (χ0v) is 16.0. The number of benzene rings is 2. The van der Waals surface area contributed by atoms with Gasteiger partial charge in [-0.15, -0.1) is 0 Å². The normalized spacial score (nSPS) is 11.7. The van der Waals surface area contributed by atoms with Gasteiger partial charge in [-0.2, -0.15) is 0 Å². The molecule has 4 heteroatoms. The van der Waals surface area contributed by atoms with Crippen molar-refractivity contribution in [1.29, 1.82) is 0 Å². The maximum absolute atomic E-state index is 12.1. The molecule has 0 saturated heterocycles. The highest BCUT2D eigenvalue weighted by Crippen LogP contribution is 2.22. The third-order valence-electron chi connectivity index (χ3n) is 4.41. The Bertz CT molecular complexity index is 900. The number of aromatic nitrogens is 2. The summed E-state index contributed by atoms with van der Waals surface area (Å²) in [6, 6.07) is 16.3. The first-order valence-corrected chi connectivity index (χ1v) is 9.05. The predicted molar refractivity (Wildman–Crippen MR) is 110 cm³/mol. The fraction of sp³-hybridized carbons (Fsp3) is 0.217. The van der Waals surface area contributed by atoms with Crippen LogP contribution < -0.4 is 5.32 Å². The molecule has 0 aliphatic heterocycles. The molecule has 1 amide bonds. The number of carbonyl (C=O) groups excluding carboxylic acids is 1. The summed E-state index contributed by atoms with van der Waals surface area (Å²) in [7, 11) is 0. The highest BCUT2D eigenvalue weighted by molar-refractivity contribution is 5.91. The molecular weight excluding hydrogens is 334 g/mol. The van der Waals surface area contributed by atoms with Gasteiger partial charge in [-0.05, 0) is 40.3 Å². The second kappa shape index (κ2) is 8.04. The van der Waals surface area contributed by atoms with E-state index in [1.165, 1.54) is 5.56 Å². The summed E-state index contributed by atoms with van der Waals surface area (Å²) in [4.78, 5) is 16.1. The molecule has 1 aromatic heterocycles. The van der Waals surface area contributed by atoms with Gasteiger partial charge in [0.1, 0.15) is 0 Å². The predicted octanol–water partition coefficient (Wildman–Crippen LogP) is 4.50. The van der Waals surface area contributed by atoms with E-state index in [0.717, 1.165) is 16.8 Å². The lowest BCUT2D eigenvalue weighted by atomic mass is 9.87. The van der Waals surface area contributed by atoms with Gasteiger partial charge in [-0.3, -0.25) is 4.79 Å². The molecule has 0 fully saturated rings. The maximum Gasteiger partial charge on any atom is 0.244 e. The van der Waals surface area contributed by atoms with Crippen molar-refractivity contribution < 1.29 is 4.79 Å². The Hall–Kier alpha value is -3.14. The van der Waals surface area contributed by atoms with E-state index in [-0.39, 0.29) is 11.3 Å². The molecule has 3 rings (SSSR count). The lowest BCUT2D eigenvalue weighted by Crippen LogP contribution is -2.20. The molecule has 0 bridgehead atoms. The first-order valence-electron chi connectivity index (χ1n) is 9.05. The van der Waals surface area contributed by atoms with Gasteiger partial charge in [0, 0.05) is 30.7 Å². The molecule has 0 aliphatic rings. The molecule has 1 N–H and O–H groups in total. The highest BCUT2D eigenvalue weighted by atomic mass is 16.1. The molecule has 138 valence electrons. The summed E-state index contributed by atoms with van der Waals surface area (Å²) < 4.78 is 1.94. The van der Waals surface area contributed by atoms with E-state index in [1.807, 2.05) is 53.2 Å². The van der Waals surface area contributed by atoms with Crippen LogP contribution in [-0.2, 0) is 16.8 Å². The number of amides is 1. The van der Waals surface area contributed by atoms with Gasteiger partial charge in [-0.25, -0.2) is 4.98 Å². The average molecular weight is 359 g/mol. The second-order valence-electron chi connectivity index (χ2n) is 7.56. The fourth-order valence-corrected chi connectivity index (χ4v) is 2.71. The molecule has 3 aromatic rings. The molecule has 1 heterocycles. The Morgan fingerprint density at radius 3 is 2.37 bits per heavy atom. The lowest BCUT2D eigenvalue weighted by Gasteiger charge is -2.18. The summed E-state index contributed by atoms with van der Waals surface area (Å²) in [6.45, 7) is 7.06. The van der Waals surface area contributed by atoms with E-state index in [1.54, 1.807) is 18.6 Å². The number of imidazole rings is 1. The minimum atomic E-state index is -0.103. The van der Waals surface area contributed by atoms with Crippen LogP contribution in [0.2, 0.25) is 0 Å². The minimum Gasteiger partial charge on any atom is -0.348 e. The Labute approximate surface area is 160 Å². The number of hydrogen-bond acceptors (Lipinski definition) is 2. The van der Waals surface area contributed by atoms with Crippen molar-refractivity contribution in [2.45, 2.75) is 32.7 Å². The molecule has 4 nitrogen and oxygen atoms in total. The zero-order chi connectivity index (χ0) is 19.3. The van der Waals surface area contributed by atoms with Crippen LogP contribution in [0.25, 0.3) is 11.8 Å². The maximum atomic E-state index is 12.1. The molecule has 0 unspecified atom stereocenters. The van der Waals surface area contributed by atoms with Gasteiger partial charge in [0.15, 0.2) is 0 Å². The fourth-order valence-electron chi connectivity index (χ4n) is 2.71. The largest absolute Gasteiger partial charge is 0.348 e. The summed E-state index contributed by atoms with van der Waals surface area (Å²) in [6.07, 6.45) is 8.82. The van der Waals surface area contributed by atoms with E-state index in [0.29, 0.717) is 6.54 Å². The highest BCUT2D eigenvalue weighted by Gasteiger charge is 2.12. The third kappa shape index (κ3) is 5.17. The molecule has 27 heavy (non-hydrogen) atoms. The zero-order valence-electron chi connectivity index (χ0n) is 16.0. The van der Waals surface area contributed by atoms with Gasteiger partial charge < -0.3 is 9.88 Å². The van der Waals surface area contributed by atoms with Crippen molar-refractivity contribution in [3.63, 3.8) is 0 Å². The van der Waals surface area contributed by atoms with Crippen LogP contribution in [0.4, 0.5) is 0 Å². The van der Waals surface area contributed by atoms with Gasteiger partial charge in [-0.1, -0.05) is 57.2 Å². The van der Waals surface area contributed by atoms with Gasteiger partial charge >= 0.3 is 0 Å². The van der Waals surface area contributed by atoms with Crippen LogP contribution in [0.15, 0.2) is 73.3 Å². The number of carbonyl (C=O) groups is 1. The molecule has 0 radical (unpaired) electrons. The molecule has 2 aromatic carbocycles. The van der Waals surface area contributed by atoms with Gasteiger partial charge in [0.05, 0.1) is 6.33 Å².